The van der Waals surface area contributed by atoms with Crippen LogP contribution in [0.1, 0.15) is 75.5 Å². The maximum atomic E-state index is 12.0. The largest absolute Gasteiger partial charge is 0.531 e. The second-order valence-electron chi connectivity index (χ2n) is 7.01. The number of phosphoric acid groups is 1. The standard InChI is InChI=1S/C20H32F3O4P/c1-3-5-7-10-17-14-18(11-8-6-4-2)16-19(15-17)12-9-13-26-28(24,25)27-20(21,22)23/h14-16H,3-13H2,1-2H3,(H,24,25). The molecule has 1 N–H and O–H groups in total. The van der Waals surface area contributed by atoms with Gasteiger partial charge < -0.3 is 4.89 Å². The Morgan fingerprint density at radius 3 is 1.68 bits per heavy atom. The van der Waals surface area contributed by atoms with E-state index in [-0.39, 0.29) is 6.61 Å². The third kappa shape index (κ3) is 11.8. The van der Waals surface area contributed by atoms with Gasteiger partial charge in [-0.15, -0.1) is 13.2 Å². The highest BCUT2D eigenvalue weighted by Gasteiger charge is 2.40. The van der Waals surface area contributed by atoms with Crippen molar-refractivity contribution in [1.29, 1.82) is 0 Å². The van der Waals surface area contributed by atoms with Gasteiger partial charge in [0.25, 0.3) is 0 Å². The summed E-state index contributed by atoms with van der Waals surface area (Å²) in [6.07, 6.45) is 4.61. The molecule has 1 rings (SSSR count). The molecule has 8 heteroatoms. The van der Waals surface area contributed by atoms with Crippen LogP contribution in [-0.4, -0.2) is 17.9 Å². The van der Waals surface area contributed by atoms with Crippen molar-refractivity contribution in [3.05, 3.63) is 34.9 Å². The zero-order valence-electron chi connectivity index (χ0n) is 16.8. The Bertz CT molecular complexity index is 592. The van der Waals surface area contributed by atoms with Crippen LogP contribution in [0.25, 0.3) is 0 Å². The van der Waals surface area contributed by atoms with Crippen LogP contribution in [0.5, 0.6) is 0 Å². The predicted molar refractivity (Wildman–Crippen MR) is 104 cm³/mol. The minimum Gasteiger partial charge on any atom is -0.302 e. The van der Waals surface area contributed by atoms with Gasteiger partial charge in [-0.25, -0.2) is 4.57 Å². The van der Waals surface area contributed by atoms with Gasteiger partial charge in [0.2, 0.25) is 0 Å². The minimum atomic E-state index is -5.20. The molecule has 1 aromatic carbocycles. The molecule has 0 bridgehead atoms. The van der Waals surface area contributed by atoms with Crippen LogP contribution in [0.3, 0.4) is 0 Å². The fourth-order valence-corrected chi connectivity index (χ4v) is 3.72. The number of halogens is 3. The van der Waals surface area contributed by atoms with Gasteiger partial charge in [0.15, 0.2) is 0 Å². The summed E-state index contributed by atoms with van der Waals surface area (Å²) >= 11 is 0. The summed E-state index contributed by atoms with van der Waals surface area (Å²) in [6, 6.07) is 6.47. The lowest BCUT2D eigenvalue weighted by Crippen LogP contribution is -2.12. The summed E-state index contributed by atoms with van der Waals surface area (Å²) in [5, 5.41) is 0. The Balaban J connectivity index is 2.62. The molecule has 1 aromatic rings. The molecule has 1 unspecified atom stereocenters. The predicted octanol–water partition coefficient (Wildman–Crippen LogP) is 6.74. The van der Waals surface area contributed by atoms with Crippen molar-refractivity contribution in [3.8, 4) is 0 Å². The Morgan fingerprint density at radius 1 is 0.857 bits per heavy atom. The first-order valence-electron chi connectivity index (χ1n) is 10.0. The molecule has 28 heavy (non-hydrogen) atoms. The molecular formula is C20H32F3O4P. The molecule has 0 saturated carbocycles. The summed E-state index contributed by atoms with van der Waals surface area (Å²) in [6.45, 7) is 4.04. The van der Waals surface area contributed by atoms with Crippen molar-refractivity contribution in [3.63, 3.8) is 0 Å². The van der Waals surface area contributed by atoms with Crippen LogP contribution < -0.4 is 0 Å². The highest BCUT2D eigenvalue weighted by molar-refractivity contribution is 7.47. The molecule has 0 amide bonds. The number of rotatable bonds is 14. The maximum Gasteiger partial charge on any atom is 0.531 e. The van der Waals surface area contributed by atoms with E-state index in [2.05, 4.69) is 41.1 Å². The Morgan fingerprint density at radius 2 is 1.29 bits per heavy atom. The van der Waals surface area contributed by atoms with Crippen molar-refractivity contribution in [1.82, 2.24) is 0 Å². The second-order valence-corrected chi connectivity index (χ2v) is 8.39. The number of hydrogen-bond acceptors (Lipinski definition) is 3. The maximum absolute atomic E-state index is 12.0. The van der Waals surface area contributed by atoms with Gasteiger partial charge in [-0.1, -0.05) is 57.7 Å². The molecule has 0 spiro atoms. The third-order valence-electron chi connectivity index (χ3n) is 4.33. The number of unbranched alkanes of at least 4 members (excludes halogenated alkanes) is 4. The van der Waals surface area contributed by atoms with E-state index < -0.39 is 14.2 Å². The average Bonchev–Trinajstić information content (AvgIpc) is 2.57. The topological polar surface area (TPSA) is 55.8 Å². The smallest absolute Gasteiger partial charge is 0.302 e. The lowest BCUT2D eigenvalue weighted by atomic mass is 9.96. The molecule has 4 nitrogen and oxygen atoms in total. The number of hydrogen-bond donors (Lipinski definition) is 1. The Labute approximate surface area is 166 Å². The summed E-state index contributed by atoms with van der Waals surface area (Å²) in [5.41, 5.74) is 3.62. The third-order valence-corrected chi connectivity index (χ3v) is 5.28. The number of aryl methyl sites for hydroxylation is 3. The summed E-state index contributed by atoms with van der Waals surface area (Å²) in [7, 11) is -5.12. The minimum absolute atomic E-state index is 0.283. The highest BCUT2D eigenvalue weighted by Crippen LogP contribution is 2.48. The zero-order valence-corrected chi connectivity index (χ0v) is 17.7. The summed E-state index contributed by atoms with van der Waals surface area (Å²) in [5.74, 6) is 0. The van der Waals surface area contributed by atoms with Crippen molar-refractivity contribution in [2.24, 2.45) is 0 Å². The van der Waals surface area contributed by atoms with Crippen LogP contribution >= 0.6 is 7.82 Å². The van der Waals surface area contributed by atoms with E-state index in [1.54, 1.807) is 0 Å². The van der Waals surface area contributed by atoms with Gasteiger partial charge in [0.1, 0.15) is 0 Å². The monoisotopic (exact) mass is 424 g/mol. The van der Waals surface area contributed by atoms with Gasteiger partial charge in [0.05, 0.1) is 6.61 Å². The van der Waals surface area contributed by atoms with E-state index >= 15 is 0 Å². The van der Waals surface area contributed by atoms with E-state index in [9.17, 15) is 17.7 Å². The molecule has 0 aromatic heterocycles. The van der Waals surface area contributed by atoms with E-state index in [4.69, 9.17) is 4.89 Å². The lowest BCUT2D eigenvalue weighted by molar-refractivity contribution is -0.282. The van der Waals surface area contributed by atoms with Gasteiger partial charge in [0, 0.05) is 0 Å². The molecule has 0 heterocycles. The molecule has 162 valence electrons. The van der Waals surface area contributed by atoms with Gasteiger partial charge in [-0.2, -0.15) is 4.52 Å². The molecule has 0 radical (unpaired) electrons. The van der Waals surface area contributed by atoms with Gasteiger partial charge in [-0.05, 0) is 55.2 Å². The van der Waals surface area contributed by atoms with E-state index in [0.29, 0.717) is 12.8 Å². The Kier molecular flexibility index (Phi) is 11.4. The van der Waals surface area contributed by atoms with E-state index in [0.717, 1.165) is 44.1 Å². The fourth-order valence-electron chi connectivity index (χ4n) is 3.04. The first-order chi connectivity index (χ1) is 13.1. The molecule has 0 saturated heterocycles. The molecule has 0 aliphatic heterocycles. The summed E-state index contributed by atoms with van der Waals surface area (Å²) < 4.78 is 54.9. The van der Waals surface area contributed by atoms with E-state index in [1.807, 2.05) is 0 Å². The van der Waals surface area contributed by atoms with Crippen molar-refractivity contribution >= 4 is 7.82 Å². The van der Waals surface area contributed by atoms with E-state index in [1.165, 1.54) is 24.0 Å². The fraction of sp³-hybridized carbons (Fsp3) is 0.700. The lowest BCUT2D eigenvalue weighted by Gasteiger charge is -2.14. The SMILES string of the molecule is CCCCCc1cc(CCCCC)cc(CCCOP(=O)(O)OC(F)(F)F)c1. The average molecular weight is 424 g/mol. The van der Waals surface area contributed by atoms with Crippen LogP contribution in [-0.2, 0) is 32.9 Å². The van der Waals surface area contributed by atoms with Crippen molar-refractivity contribution in [2.45, 2.75) is 84.4 Å². The first-order valence-corrected chi connectivity index (χ1v) is 11.5. The number of benzene rings is 1. The van der Waals surface area contributed by atoms with Crippen LogP contribution in [0.15, 0.2) is 18.2 Å². The van der Waals surface area contributed by atoms with Crippen molar-refractivity contribution in [2.75, 3.05) is 6.61 Å². The summed E-state index contributed by atoms with van der Waals surface area (Å²) in [4.78, 5) is 9.07. The number of alkyl halides is 3. The zero-order chi connectivity index (χ0) is 21.0. The van der Waals surface area contributed by atoms with Gasteiger partial charge >= 0.3 is 14.2 Å². The van der Waals surface area contributed by atoms with Gasteiger partial charge in [-0.3, -0.25) is 4.52 Å². The molecule has 0 aliphatic rings. The molecule has 0 fully saturated rings. The highest BCUT2D eigenvalue weighted by atomic mass is 31.2. The Hall–Kier alpha value is -0.880. The number of phosphoric ester groups is 1. The first kappa shape index (κ1) is 25.2. The normalized spacial score (nSPS) is 14.2. The van der Waals surface area contributed by atoms with Crippen LogP contribution in [0, 0.1) is 0 Å². The van der Waals surface area contributed by atoms with Crippen LogP contribution in [0.4, 0.5) is 13.2 Å². The van der Waals surface area contributed by atoms with Crippen molar-refractivity contribution < 1.29 is 31.7 Å². The molecular weight excluding hydrogens is 392 g/mol. The quantitative estimate of drug-likeness (QED) is 0.265. The van der Waals surface area contributed by atoms with Crippen LogP contribution in [0.2, 0.25) is 0 Å². The molecule has 1 atom stereocenters. The molecule has 0 aliphatic carbocycles. The second kappa shape index (κ2) is 12.6.